The standard InChI is InChI=1S/C25H22N8O2/c1-14-3-2-4-18(27-14)13-34-24-20-16-7-5-15(6-8-16)19(20)22-29-30-23(33(22)31-24)25-28-21(32-35-25)17-9-11-26-12-10-17/h2-4,9-12,15-16H,5-8,13H2,1H3. The predicted molar refractivity (Wildman–Crippen MR) is 125 cm³/mol. The fourth-order valence-electron chi connectivity index (χ4n) is 5.39. The molecule has 0 aliphatic heterocycles. The van der Waals surface area contributed by atoms with E-state index >= 15 is 0 Å². The molecular formula is C25H22N8O2. The lowest BCUT2D eigenvalue weighted by molar-refractivity contribution is 0.264. The molecule has 1 saturated carbocycles. The maximum atomic E-state index is 6.32. The number of hydrogen-bond donors (Lipinski definition) is 0. The molecule has 0 unspecified atom stereocenters. The molecule has 5 aromatic heterocycles. The van der Waals surface area contributed by atoms with Crippen LogP contribution in [-0.2, 0) is 6.61 Å². The van der Waals surface area contributed by atoms with Crippen LogP contribution in [0.25, 0.3) is 28.8 Å². The second-order valence-corrected chi connectivity index (χ2v) is 9.16. The van der Waals surface area contributed by atoms with Gasteiger partial charge < -0.3 is 9.26 Å². The monoisotopic (exact) mass is 466 g/mol. The summed E-state index contributed by atoms with van der Waals surface area (Å²) in [5.41, 5.74) is 5.75. The molecule has 0 aromatic carbocycles. The van der Waals surface area contributed by atoms with Crippen LogP contribution in [-0.4, -0.2) is 39.9 Å². The van der Waals surface area contributed by atoms with Gasteiger partial charge in [-0.1, -0.05) is 11.2 Å². The van der Waals surface area contributed by atoms with Gasteiger partial charge in [0.15, 0.2) is 5.65 Å². The van der Waals surface area contributed by atoms with E-state index in [1.54, 1.807) is 16.9 Å². The van der Waals surface area contributed by atoms with Gasteiger partial charge in [-0.05, 0) is 68.7 Å². The Morgan fingerprint density at radius 2 is 1.77 bits per heavy atom. The molecule has 174 valence electrons. The minimum absolute atomic E-state index is 0.254. The molecule has 0 radical (unpaired) electrons. The van der Waals surface area contributed by atoms with Crippen LogP contribution in [0.3, 0.4) is 0 Å². The Hall–Kier alpha value is -4.21. The summed E-state index contributed by atoms with van der Waals surface area (Å²) in [6.45, 7) is 2.32. The van der Waals surface area contributed by atoms with Crippen LogP contribution in [0.4, 0.5) is 0 Å². The highest BCUT2D eigenvalue weighted by molar-refractivity contribution is 5.63. The third kappa shape index (κ3) is 3.36. The van der Waals surface area contributed by atoms with E-state index in [1.165, 1.54) is 11.1 Å². The van der Waals surface area contributed by atoms with Crippen molar-refractivity contribution in [3.05, 3.63) is 65.2 Å². The van der Waals surface area contributed by atoms with Crippen molar-refractivity contribution in [2.24, 2.45) is 0 Å². The molecule has 0 amide bonds. The summed E-state index contributed by atoms with van der Waals surface area (Å²) in [7, 11) is 0. The molecule has 35 heavy (non-hydrogen) atoms. The molecule has 8 rings (SSSR count). The molecule has 0 spiro atoms. The summed E-state index contributed by atoms with van der Waals surface area (Å²) < 4.78 is 13.6. The van der Waals surface area contributed by atoms with Gasteiger partial charge in [0, 0.05) is 34.8 Å². The van der Waals surface area contributed by atoms with Crippen molar-refractivity contribution in [1.82, 2.24) is 39.9 Å². The maximum Gasteiger partial charge on any atom is 0.298 e. The molecule has 3 aliphatic rings. The number of hydrogen-bond acceptors (Lipinski definition) is 9. The lowest BCUT2D eigenvalue weighted by Gasteiger charge is -2.38. The van der Waals surface area contributed by atoms with Crippen LogP contribution < -0.4 is 4.74 Å². The first-order chi connectivity index (χ1) is 17.2. The first-order valence-electron chi connectivity index (χ1n) is 11.8. The maximum absolute atomic E-state index is 6.32. The molecule has 1 fully saturated rings. The molecule has 5 aromatic rings. The molecule has 10 heteroatoms. The molecule has 0 atom stereocenters. The van der Waals surface area contributed by atoms with Gasteiger partial charge in [-0.2, -0.15) is 9.50 Å². The van der Waals surface area contributed by atoms with E-state index in [9.17, 15) is 0 Å². The number of fused-ring (bicyclic) bond motifs is 3. The average Bonchev–Trinajstić information content (AvgIpc) is 3.56. The second-order valence-electron chi connectivity index (χ2n) is 9.16. The first-order valence-corrected chi connectivity index (χ1v) is 11.8. The summed E-state index contributed by atoms with van der Waals surface area (Å²) in [5, 5.41) is 17.9. The van der Waals surface area contributed by atoms with Gasteiger partial charge in [-0.15, -0.1) is 15.3 Å². The Labute approximate surface area is 200 Å². The second kappa shape index (κ2) is 7.93. The third-order valence-electron chi connectivity index (χ3n) is 7.00. The summed E-state index contributed by atoms with van der Waals surface area (Å²) in [6.07, 6.45) is 7.96. The van der Waals surface area contributed by atoms with E-state index in [4.69, 9.17) is 14.4 Å². The Kier molecular flexibility index (Phi) is 4.58. The lowest BCUT2D eigenvalue weighted by Crippen LogP contribution is -2.25. The van der Waals surface area contributed by atoms with Crippen molar-refractivity contribution in [1.29, 1.82) is 0 Å². The molecule has 0 saturated heterocycles. The van der Waals surface area contributed by atoms with Crippen LogP contribution in [0, 0.1) is 6.92 Å². The minimum atomic E-state index is 0.254. The van der Waals surface area contributed by atoms with E-state index in [0.717, 1.165) is 48.3 Å². The topological polar surface area (TPSA) is 117 Å². The van der Waals surface area contributed by atoms with E-state index in [2.05, 4.69) is 30.3 Å². The number of ether oxygens (including phenoxy) is 1. The number of aryl methyl sites for hydroxylation is 1. The van der Waals surface area contributed by atoms with E-state index in [0.29, 0.717) is 36.0 Å². The molecule has 3 aliphatic carbocycles. The molecule has 5 heterocycles. The summed E-state index contributed by atoms with van der Waals surface area (Å²) in [5.74, 6) is 2.57. The quantitative estimate of drug-likeness (QED) is 0.374. The molecule has 10 nitrogen and oxygen atoms in total. The van der Waals surface area contributed by atoms with Crippen LogP contribution in [0.1, 0.15) is 60.0 Å². The smallest absolute Gasteiger partial charge is 0.298 e. The van der Waals surface area contributed by atoms with Crippen LogP contribution >= 0.6 is 0 Å². The SMILES string of the molecule is Cc1cccc(COc2nn3c(-c4nc(-c5ccncc5)no4)nnc3c3c2C2CCC3CC2)n1. The summed E-state index contributed by atoms with van der Waals surface area (Å²) in [4.78, 5) is 13.2. The minimum Gasteiger partial charge on any atom is -0.470 e. The van der Waals surface area contributed by atoms with Gasteiger partial charge in [0.2, 0.25) is 17.5 Å². The zero-order valence-electron chi connectivity index (χ0n) is 19.1. The van der Waals surface area contributed by atoms with Crippen LogP contribution in [0.15, 0.2) is 47.2 Å². The van der Waals surface area contributed by atoms with Gasteiger partial charge in [-0.3, -0.25) is 9.97 Å². The highest BCUT2D eigenvalue weighted by atomic mass is 16.5. The number of rotatable bonds is 5. The largest absolute Gasteiger partial charge is 0.470 e. The predicted octanol–water partition coefficient (Wildman–Crippen LogP) is 4.27. The van der Waals surface area contributed by atoms with Gasteiger partial charge in [0.25, 0.3) is 5.89 Å². The molecular weight excluding hydrogens is 444 g/mol. The summed E-state index contributed by atoms with van der Waals surface area (Å²) in [6, 6.07) is 9.58. The van der Waals surface area contributed by atoms with E-state index in [-0.39, 0.29) is 5.89 Å². The van der Waals surface area contributed by atoms with Crippen molar-refractivity contribution in [3.8, 4) is 29.0 Å². The van der Waals surface area contributed by atoms with E-state index < -0.39 is 0 Å². The Morgan fingerprint density at radius 1 is 0.971 bits per heavy atom. The number of pyridine rings is 2. The summed E-state index contributed by atoms with van der Waals surface area (Å²) >= 11 is 0. The van der Waals surface area contributed by atoms with Crippen molar-refractivity contribution in [2.75, 3.05) is 0 Å². The molecule has 2 bridgehead atoms. The first kappa shape index (κ1) is 20.2. The van der Waals surface area contributed by atoms with E-state index in [1.807, 2.05) is 37.3 Å². The number of nitrogens with zero attached hydrogens (tertiary/aromatic N) is 8. The zero-order valence-corrected chi connectivity index (χ0v) is 19.1. The van der Waals surface area contributed by atoms with Gasteiger partial charge in [0.05, 0.1) is 5.69 Å². The van der Waals surface area contributed by atoms with Crippen LogP contribution in [0.5, 0.6) is 5.88 Å². The Morgan fingerprint density at radius 3 is 2.57 bits per heavy atom. The zero-order chi connectivity index (χ0) is 23.4. The van der Waals surface area contributed by atoms with Crippen molar-refractivity contribution in [3.63, 3.8) is 0 Å². The highest BCUT2D eigenvalue weighted by Gasteiger charge is 2.39. The van der Waals surface area contributed by atoms with Crippen molar-refractivity contribution in [2.45, 2.75) is 51.0 Å². The van der Waals surface area contributed by atoms with Gasteiger partial charge in [-0.25, -0.2) is 0 Å². The van der Waals surface area contributed by atoms with Crippen molar-refractivity contribution < 1.29 is 9.26 Å². The average molecular weight is 467 g/mol. The number of aromatic nitrogens is 8. The van der Waals surface area contributed by atoms with Gasteiger partial charge >= 0.3 is 0 Å². The van der Waals surface area contributed by atoms with Crippen molar-refractivity contribution >= 4 is 5.65 Å². The Balaban J connectivity index is 1.34. The fraction of sp³-hybridized carbons (Fsp3) is 0.320. The molecule has 0 N–H and O–H groups in total. The van der Waals surface area contributed by atoms with Crippen LogP contribution in [0.2, 0.25) is 0 Å². The highest BCUT2D eigenvalue weighted by Crippen LogP contribution is 2.53. The van der Waals surface area contributed by atoms with Gasteiger partial charge in [0.1, 0.15) is 6.61 Å². The Bertz CT molecular complexity index is 1540. The fourth-order valence-corrected chi connectivity index (χ4v) is 5.39. The lowest BCUT2D eigenvalue weighted by atomic mass is 9.67. The normalized spacial score (nSPS) is 18.7. The third-order valence-corrected chi connectivity index (χ3v) is 7.00.